The van der Waals surface area contributed by atoms with Gasteiger partial charge >= 0.3 is 0 Å². The van der Waals surface area contributed by atoms with Crippen LogP contribution >= 0.6 is 28.6 Å². The largest absolute Gasteiger partial charge is 0.447 e. The van der Waals surface area contributed by atoms with Crippen LogP contribution in [0.1, 0.15) is 11.3 Å². The first-order valence-electron chi connectivity index (χ1n) is 4.30. The van der Waals surface area contributed by atoms with Crippen molar-refractivity contribution in [1.82, 2.24) is 4.98 Å². The number of hydrogen-bond donors (Lipinski definition) is 1. The van der Waals surface area contributed by atoms with Crippen LogP contribution in [0.4, 0.5) is 0 Å². The van der Waals surface area contributed by atoms with E-state index in [0.717, 1.165) is 5.69 Å². The van der Waals surface area contributed by atoms with Gasteiger partial charge in [0.1, 0.15) is 4.60 Å². The maximum atomic E-state index is 11.9. The van der Waals surface area contributed by atoms with Gasteiger partial charge in [-0.25, -0.2) is 4.98 Å². The van der Waals surface area contributed by atoms with Gasteiger partial charge in [-0.1, -0.05) is 0 Å². The number of pyridine rings is 1. The van der Waals surface area contributed by atoms with Crippen molar-refractivity contribution in [3.05, 3.63) is 32.2 Å². The molecule has 0 aliphatic rings. The Labute approximate surface area is 100 Å². The standard InChI is InChI=1S/C10H8BrNO2S/c1-4-3-6-7(13)5(2)10(15)14-8(6)9(11)12-4/h3,15H,1-2H3. The monoisotopic (exact) mass is 285 g/mol. The lowest BCUT2D eigenvalue weighted by atomic mass is 10.2. The Hall–Kier alpha value is -0.810. The van der Waals surface area contributed by atoms with E-state index >= 15 is 0 Å². The molecule has 2 heterocycles. The minimum atomic E-state index is -0.0625. The predicted molar refractivity (Wildman–Crippen MR) is 64.7 cm³/mol. The molecule has 78 valence electrons. The molecule has 0 aliphatic heterocycles. The maximum Gasteiger partial charge on any atom is 0.196 e. The number of nitrogens with zero attached hydrogens (tertiary/aromatic N) is 1. The highest BCUT2D eigenvalue weighted by Crippen LogP contribution is 2.24. The van der Waals surface area contributed by atoms with Gasteiger partial charge in [-0.15, -0.1) is 12.6 Å². The fourth-order valence-corrected chi connectivity index (χ4v) is 2.13. The average Bonchev–Trinajstić information content (AvgIpc) is 2.17. The van der Waals surface area contributed by atoms with E-state index in [0.29, 0.717) is 26.2 Å². The second kappa shape index (κ2) is 3.64. The molecule has 2 aromatic rings. The minimum Gasteiger partial charge on any atom is -0.447 e. The molecule has 2 aromatic heterocycles. The Kier molecular flexibility index (Phi) is 2.60. The molecule has 0 aromatic carbocycles. The molecule has 0 radical (unpaired) electrons. The molecule has 0 N–H and O–H groups in total. The number of aromatic nitrogens is 1. The molecular weight excluding hydrogens is 278 g/mol. The highest BCUT2D eigenvalue weighted by atomic mass is 79.9. The van der Waals surface area contributed by atoms with E-state index in [4.69, 9.17) is 4.42 Å². The SMILES string of the molecule is Cc1cc2c(=O)c(C)c(S)oc2c(Br)n1. The lowest BCUT2D eigenvalue weighted by Crippen LogP contribution is -2.07. The Balaban J connectivity index is 3.06. The van der Waals surface area contributed by atoms with Crippen LogP contribution in [-0.2, 0) is 0 Å². The van der Waals surface area contributed by atoms with Gasteiger partial charge in [0.2, 0.25) is 0 Å². The third-order valence-corrected chi connectivity index (χ3v) is 3.13. The fourth-order valence-electron chi connectivity index (χ4n) is 1.36. The molecule has 0 saturated heterocycles. The van der Waals surface area contributed by atoms with Crippen molar-refractivity contribution in [2.24, 2.45) is 0 Å². The topological polar surface area (TPSA) is 43.1 Å². The van der Waals surface area contributed by atoms with Crippen molar-refractivity contribution in [3.63, 3.8) is 0 Å². The van der Waals surface area contributed by atoms with Crippen LogP contribution in [0, 0.1) is 13.8 Å². The molecule has 0 bridgehead atoms. The molecule has 5 heteroatoms. The van der Waals surface area contributed by atoms with Crippen LogP contribution in [0.2, 0.25) is 0 Å². The maximum absolute atomic E-state index is 11.9. The summed E-state index contributed by atoms with van der Waals surface area (Å²) in [7, 11) is 0. The summed E-state index contributed by atoms with van der Waals surface area (Å²) in [5.74, 6) is 0. The molecule has 2 rings (SSSR count). The number of aryl methyl sites for hydroxylation is 1. The summed E-state index contributed by atoms with van der Waals surface area (Å²) in [6.07, 6.45) is 0. The third-order valence-electron chi connectivity index (χ3n) is 2.16. The molecule has 0 saturated carbocycles. The van der Waals surface area contributed by atoms with Gasteiger partial charge in [0.15, 0.2) is 16.1 Å². The van der Waals surface area contributed by atoms with Crippen molar-refractivity contribution < 1.29 is 4.42 Å². The normalized spacial score (nSPS) is 10.9. The highest BCUT2D eigenvalue weighted by Gasteiger charge is 2.12. The van der Waals surface area contributed by atoms with Crippen molar-refractivity contribution in [2.75, 3.05) is 0 Å². The van der Waals surface area contributed by atoms with Crippen molar-refractivity contribution in [2.45, 2.75) is 18.9 Å². The van der Waals surface area contributed by atoms with E-state index in [2.05, 4.69) is 33.5 Å². The molecule has 3 nitrogen and oxygen atoms in total. The van der Waals surface area contributed by atoms with Gasteiger partial charge < -0.3 is 4.42 Å². The predicted octanol–water partition coefficient (Wildman–Crippen LogP) is 2.86. The number of hydrogen-bond acceptors (Lipinski definition) is 4. The van der Waals surface area contributed by atoms with E-state index < -0.39 is 0 Å². The van der Waals surface area contributed by atoms with Gasteiger partial charge in [0.05, 0.1) is 5.39 Å². The Morgan fingerprint density at radius 1 is 1.47 bits per heavy atom. The first kappa shape index (κ1) is 10.7. The van der Waals surface area contributed by atoms with Crippen LogP contribution in [-0.4, -0.2) is 4.98 Å². The van der Waals surface area contributed by atoms with E-state index in [1.54, 1.807) is 13.0 Å². The molecule has 0 atom stereocenters. The zero-order valence-corrected chi connectivity index (χ0v) is 10.6. The van der Waals surface area contributed by atoms with E-state index in [9.17, 15) is 4.79 Å². The number of rotatable bonds is 0. The second-order valence-corrected chi connectivity index (χ2v) is 4.45. The molecule has 0 fully saturated rings. The lowest BCUT2D eigenvalue weighted by molar-refractivity contribution is 0.491. The van der Waals surface area contributed by atoms with Crippen LogP contribution in [0.3, 0.4) is 0 Å². The Bertz CT molecular complexity index is 606. The van der Waals surface area contributed by atoms with Crippen LogP contribution in [0.5, 0.6) is 0 Å². The molecule has 15 heavy (non-hydrogen) atoms. The van der Waals surface area contributed by atoms with Crippen molar-refractivity contribution >= 4 is 39.5 Å². The molecule has 0 amide bonds. The summed E-state index contributed by atoms with van der Waals surface area (Å²) in [4.78, 5) is 16.1. The summed E-state index contributed by atoms with van der Waals surface area (Å²) in [5.41, 5.74) is 1.67. The molecular formula is C10H8BrNO2S. The van der Waals surface area contributed by atoms with Gasteiger partial charge in [0, 0.05) is 11.3 Å². The number of fused-ring (bicyclic) bond motifs is 1. The second-order valence-electron chi connectivity index (χ2n) is 3.29. The third kappa shape index (κ3) is 1.70. The van der Waals surface area contributed by atoms with Gasteiger partial charge in [-0.2, -0.15) is 0 Å². The molecule has 0 spiro atoms. The lowest BCUT2D eigenvalue weighted by Gasteiger charge is -2.03. The molecule has 0 unspecified atom stereocenters. The number of thiol groups is 1. The van der Waals surface area contributed by atoms with Crippen LogP contribution < -0.4 is 5.43 Å². The van der Waals surface area contributed by atoms with Crippen molar-refractivity contribution in [1.29, 1.82) is 0 Å². The van der Waals surface area contributed by atoms with E-state index in [-0.39, 0.29) is 5.43 Å². The smallest absolute Gasteiger partial charge is 0.196 e. The summed E-state index contributed by atoms with van der Waals surface area (Å²) >= 11 is 7.36. The average molecular weight is 286 g/mol. The van der Waals surface area contributed by atoms with Gasteiger partial charge in [-0.05, 0) is 35.8 Å². The van der Waals surface area contributed by atoms with E-state index in [1.165, 1.54) is 0 Å². The Morgan fingerprint density at radius 3 is 2.80 bits per heavy atom. The van der Waals surface area contributed by atoms with Crippen LogP contribution in [0.25, 0.3) is 11.0 Å². The first-order chi connectivity index (χ1) is 7.00. The summed E-state index contributed by atoms with van der Waals surface area (Å²) in [5, 5.41) is 0.864. The fraction of sp³-hybridized carbons (Fsp3) is 0.200. The number of halogens is 1. The van der Waals surface area contributed by atoms with Gasteiger partial charge in [0.25, 0.3) is 0 Å². The zero-order chi connectivity index (χ0) is 11.2. The van der Waals surface area contributed by atoms with Gasteiger partial charge in [-0.3, -0.25) is 4.79 Å². The summed E-state index contributed by atoms with van der Waals surface area (Å²) in [6, 6.07) is 1.71. The zero-order valence-electron chi connectivity index (χ0n) is 8.17. The van der Waals surface area contributed by atoms with Crippen LogP contribution in [0.15, 0.2) is 25.0 Å². The summed E-state index contributed by atoms with van der Waals surface area (Å²) in [6.45, 7) is 3.52. The van der Waals surface area contributed by atoms with E-state index in [1.807, 2.05) is 6.92 Å². The van der Waals surface area contributed by atoms with Crippen molar-refractivity contribution in [3.8, 4) is 0 Å². The first-order valence-corrected chi connectivity index (χ1v) is 5.54. The molecule has 0 aliphatic carbocycles. The Morgan fingerprint density at radius 2 is 2.13 bits per heavy atom. The minimum absolute atomic E-state index is 0.0625. The highest BCUT2D eigenvalue weighted by molar-refractivity contribution is 9.10. The quantitative estimate of drug-likeness (QED) is 0.598. The summed E-state index contributed by atoms with van der Waals surface area (Å²) < 4.78 is 5.95.